The molecule has 2 rings (SSSR count). The number of rotatable bonds is 3. The zero-order valence-electron chi connectivity index (χ0n) is 11.8. The van der Waals surface area contributed by atoms with Crippen molar-refractivity contribution in [1.29, 1.82) is 0 Å². The Morgan fingerprint density at radius 2 is 2.14 bits per heavy atom. The van der Waals surface area contributed by atoms with E-state index >= 15 is 0 Å². The van der Waals surface area contributed by atoms with Crippen molar-refractivity contribution in [1.82, 2.24) is 4.90 Å². The molecule has 0 saturated carbocycles. The number of anilines is 1. The summed E-state index contributed by atoms with van der Waals surface area (Å²) in [5.41, 5.74) is 0.730. The number of carboxylic acid groups (broad SMARTS) is 1. The maximum atomic E-state index is 14.0. The molecular weight excluding hydrogens is 275 g/mol. The highest BCUT2D eigenvalue weighted by atomic mass is 19.1. The van der Waals surface area contributed by atoms with E-state index in [0.29, 0.717) is 18.8 Å². The molecule has 1 aromatic carbocycles. The van der Waals surface area contributed by atoms with E-state index in [9.17, 15) is 14.0 Å². The van der Waals surface area contributed by atoms with Crippen LogP contribution < -0.4 is 4.90 Å². The third-order valence-corrected chi connectivity index (χ3v) is 3.44. The summed E-state index contributed by atoms with van der Waals surface area (Å²) in [6, 6.07) is 4.53. The van der Waals surface area contributed by atoms with Crippen LogP contribution in [0.2, 0.25) is 0 Å². The predicted molar refractivity (Wildman–Crippen MR) is 77.5 cm³/mol. The number of carbonyl (C=O) groups excluding carboxylic acids is 1. The molecule has 1 aromatic rings. The van der Waals surface area contributed by atoms with Gasteiger partial charge in [-0.15, -0.1) is 0 Å². The molecule has 1 fully saturated rings. The summed E-state index contributed by atoms with van der Waals surface area (Å²) in [5.74, 6) is -1.68. The molecule has 1 amide bonds. The van der Waals surface area contributed by atoms with Gasteiger partial charge in [-0.25, -0.2) is 9.18 Å². The fourth-order valence-corrected chi connectivity index (χ4v) is 2.31. The van der Waals surface area contributed by atoms with E-state index in [1.165, 1.54) is 12.1 Å². The van der Waals surface area contributed by atoms with Gasteiger partial charge in [-0.2, -0.15) is 0 Å². The second kappa shape index (κ2) is 6.39. The number of carbonyl (C=O) groups is 2. The van der Waals surface area contributed by atoms with Crippen LogP contribution in [0.1, 0.15) is 12.0 Å². The molecule has 0 radical (unpaired) electrons. The van der Waals surface area contributed by atoms with Crippen molar-refractivity contribution < 1.29 is 19.1 Å². The maximum Gasteiger partial charge on any atom is 0.328 e. The Kier molecular flexibility index (Phi) is 4.57. The number of aliphatic carboxylic acids is 1. The van der Waals surface area contributed by atoms with Crippen LogP contribution in [0.25, 0.3) is 6.08 Å². The van der Waals surface area contributed by atoms with E-state index in [0.717, 1.165) is 12.5 Å². The van der Waals surface area contributed by atoms with Gasteiger partial charge in [0, 0.05) is 37.5 Å². The predicted octanol–water partition coefficient (Wildman–Crippen LogP) is 1.59. The Morgan fingerprint density at radius 3 is 2.86 bits per heavy atom. The zero-order valence-corrected chi connectivity index (χ0v) is 11.8. The molecule has 1 aliphatic rings. The lowest BCUT2D eigenvalue weighted by atomic mass is 10.1. The summed E-state index contributed by atoms with van der Waals surface area (Å²) < 4.78 is 14.0. The van der Waals surface area contributed by atoms with E-state index < -0.39 is 11.8 Å². The second-order valence-corrected chi connectivity index (χ2v) is 4.93. The van der Waals surface area contributed by atoms with E-state index in [4.69, 9.17) is 5.11 Å². The number of nitrogens with zero attached hydrogens (tertiary/aromatic N) is 2. The summed E-state index contributed by atoms with van der Waals surface area (Å²) in [4.78, 5) is 26.0. The van der Waals surface area contributed by atoms with Crippen LogP contribution >= 0.6 is 0 Å². The van der Waals surface area contributed by atoms with Gasteiger partial charge in [0.2, 0.25) is 5.91 Å². The average molecular weight is 292 g/mol. The Labute approximate surface area is 122 Å². The number of halogens is 1. The fraction of sp³-hybridized carbons (Fsp3) is 0.333. The number of benzene rings is 1. The van der Waals surface area contributed by atoms with Gasteiger partial charge in [0.1, 0.15) is 5.82 Å². The molecule has 0 aromatic heterocycles. The SMILES string of the molecule is CN1CCCN(c2cccc(F)c2/C=C/C(=O)O)CC1=O. The summed E-state index contributed by atoms with van der Waals surface area (Å²) in [7, 11) is 1.74. The molecule has 5 nitrogen and oxygen atoms in total. The van der Waals surface area contributed by atoms with Crippen LogP contribution in [0.3, 0.4) is 0 Å². The minimum Gasteiger partial charge on any atom is -0.478 e. The van der Waals surface area contributed by atoms with E-state index in [1.807, 2.05) is 0 Å². The molecule has 1 saturated heterocycles. The standard InChI is InChI=1S/C15H17FN2O3/c1-17-8-3-9-18(10-14(17)19)13-5-2-4-12(16)11(13)6-7-15(20)21/h2,4-7H,3,8-10H2,1H3,(H,20,21)/b7-6+. The van der Waals surface area contributed by atoms with Gasteiger partial charge in [0.25, 0.3) is 0 Å². The van der Waals surface area contributed by atoms with E-state index in [2.05, 4.69) is 0 Å². The molecule has 0 spiro atoms. The van der Waals surface area contributed by atoms with Crippen molar-refractivity contribution in [2.75, 3.05) is 31.6 Å². The smallest absolute Gasteiger partial charge is 0.328 e. The van der Waals surface area contributed by atoms with Gasteiger partial charge >= 0.3 is 5.97 Å². The molecular formula is C15H17FN2O3. The van der Waals surface area contributed by atoms with Crippen molar-refractivity contribution in [2.24, 2.45) is 0 Å². The summed E-state index contributed by atoms with van der Waals surface area (Å²) >= 11 is 0. The van der Waals surface area contributed by atoms with Crippen molar-refractivity contribution in [3.63, 3.8) is 0 Å². The Hall–Kier alpha value is -2.37. The van der Waals surface area contributed by atoms with Crippen LogP contribution in [0.15, 0.2) is 24.3 Å². The molecule has 112 valence electrons. The highest BCUT2D eigenvalue weighted by molar-refractivity contribution is 5.88. The van der Waals surface area contributed by atoms with Gasteiger partial charge in [-0.1, -0.05) is 6.07 Å². The lowest BCUT2D eigenvalue weighted by Crippen LogP contribution is -2.34. The van der Waals surface area contributed by atoms with Gasteiger partial charge < -0.3 is 14.9 Å². The minimum atomic E-state index is -1.14. The highest BCUT2D eigenvalue weighted by Gasteiger charge is 2.21. The van der Waals surface area contributed by atoms with Gasteiger partial charge in [-0.05, 0) is 24.6 Å². The summed E-state index contributed by atoms with van der Waals surface area (Å²) in [6.45, 7) is 1.44. The number of amides is 1. The topological polar surface area (TPSA) is 60.9 Å². The van der Waals surface area contributed by atoms with Crippen LogP contribution in [0, 0.1) is 5.82 Å². The Bertz CT molecular complexity index is 586. The monoisotopic (exact) mass is 292 g/mol. The molecule has 1 aliphatic heterocycles. The number of hydrogen-bond acceptors (Lipinski definition) is 3. The third kappa shape index (κ3) is 3.59. The molecule has 0 bridgehead atoms. The van der Waals surface area contributed by atoms with Crippen LogP contribution in [0.5, 0.6) is 0 Å². The largest absolute Gasteiger partial charge is 0.478 e. The summed E-state index contributed by atoms with van der Waals surface area (Å²) in [6.07, 6.45) is 2.90. The maximum absolute atomic E-state index is 14.0. The third-order valence-electron chi connectivity index (χ3n) is 3.44. The van der Waals surface area contributed by atoms with Crippen molar-refractivity contribution in [3.8, 4) is 0 Å². The molecule has 21 heavy (non-hydrogen) atoms. The van der Waals surface area contributed by atoms with Crippen LogP contribution in [-0.2, 0) is 9.59 Å². The van der Waals surface area contributed by atoms with Crippen molar-refractivity contribution >= 4 is 23.6 Å². The Morgan fingerprint density at radius 1 is 1.38 bits per heavy atom. The molecule has 0 unspecified atom stereocenters. The van der Waals surface area contributed by atoms with Crippen LogP contribution in [0.4, 0.5) is 10.1 Å². The molecule has 1 heterocycles. The van der Waals surface area contributed by atoms with Gasteiger partial charge in [0.15, 0.2) is 0 Å². The Balaban J connectivity index is 2.36. The van der Waals surface area contributed by atoms with Crippen LogP contribution in [-0.4, -0.2) is 48.6 Å². The highest BCUT2D eigenvalue weighted by Crippen LogP contribution is 2.26. The van der Waals surface area contributed by atoms with Crippen molar-refractivity contribution in [3.05, 3.63) is 35.7 Å². The molecule has 6 heteroatoms. The molecule has 0 atom stereocenters. The lowest BCUT2D eigenvalue weighted by molar-refractivity contribution is -0.131. The van der Waals surface area contributed by atoms with Gasteiger partial charge in [-0.3, -0.25) is 4.79 Å². The van der Waals surface area contributed by atoms with Gasteiger partial charge in [0.05, 0.1) is 6.54 Å². The first-order chi connectivity index (χ1) is 9.99. The zero-order chi connectivity index (χ0) is 15.4. The minimum absolute atomic E-state index is 0.0371. The molecule has 1 N–H and O–H groups in total. The first-order valence-corrected chi connectivity index (χ1v) is 6.67. The van der Waals surface area contributed by atoms with E-state index in [1.54, 1.807) is 29.0 Å². The normalized spacial score (nSPS) is 16.4. The van der Waals surface area contributed by atoms with E-state index in [-0.39, 0.29) is 18.0 Å². The molecule has 0 aliphatic carbocycles. The first-order valence-electron chi connectivity index (χ1n) is 6.67. The number of likely N-dealkylation sites (N-methyl/N-ethyl adjacent to an activating group) is 1. The second-order valence-electron chi connectivity index (χ2n) is 4.93. The first kappa shape index (κ1) is 15.0. The summed E-state index contributed by atoms with van der Waals surface area (Å²) in [5, 5.41) is 8.71. The lowest BCUT2D eigenvalue weighted by Gasteiger charge is -2.24. The number of carboxylic acids is 1. The quantitative estimate of drug-likeness (QED) is 0.860. The fourth-order valence-electron chi connectivity index (χ4n) is 2.31. The number of hydrogen-bond donors (Lipinski definition) is 1. The average Bonchev–Trinajstić information content (AvgIpc) is 2.59. The van der Waals surface area contributed by atoms with Crippen molar-refractivity contribution in [2.45, 2.75) is 6.42 Å².